The Bertz CT molecular complexity index is 498. The Hall–Kier alpha value is -1.55. The van der Waals surface area contributed by atoms with E-state index in [0.717, 1.165) is 31.7 Å². The highest BCUT2D eigenvalue weighted by Crippen LogP contribution is 2.20. The number of hydrogen-bond donors (Lipinski definition) is 1. The third-order valence-electron chi connectivity index (χ3n) is 3.96. The van der Waals surface area contributed by atoms with E-state index in [2.05, 4.69) is 25.7 Å². The van der Waals surface area contributed by atoms with E-state index in [9.17, 15) is 9.90 Å². The Morgan fingerprint density at radius 3 is 2.25 bits per heavy atom. The van der Waals surface area contributed by atoms with E-state index in [1.807, 2.05) is 11.8 Å². The van der Waals surface area contributed by atoms with E-state index < -0.39 is 0 Å². The molecule has 1 aromatic carbocycles. The largest absolute Gasteiger partial charge is 0.508 e. The summed E-state index contributed by atoms with van der Waals surface area (Å²) >= 11 is 0. The summed E-state index contributed by atoms with van der Waals surface area (Å²) in [6.07, 6.45) is 0. The molecule has 0 saturated carbocycles. The molecule has 0 unspecified atom stereocenters. The highest BCUT2D eigenvalue weighted by molar-refractivity contribution is 5.94. The van der Waals surface area contributed by atoms with E-state index >= 15 is 0 Å². The number of amides is 1. The molecule has 4 nitrogen and oxygen atoms in total. The number of phenols is 1. The third kappa shape index (κ3) is 3.12. The lowest BCUT2D eigenvalue weighted by Gasteiger charge is -2.42. The first-order valence-corrected chi connectivity index (χ1v) is 7.13. The molecule has 20 heavy (non-hydrogen) atoms. The van der Waals surface area contributed by atoms with Crippen LogP contribution in [0.3, 0.4) is 0 Å². The molecule has 1 aliphatic heterocycles. The number of phenolic OH excluding ortho intramolecular Hbond substituents is 1. The number of carbonyl (C=O) groups is 1. The minimum atomic E-state index is 0.0571. The Morgan fingerprint density at radius 1 is 1.15 bits per heavy atom. The van der Waals surface area contributed by atoms with Gasteiger partial charge >= 0.3 is 0 Å². The van der Waals surface area contributed by atoms with E-state index in [1.165, 1.54) is 0 Å². The summed E-state index contributed by atoms with van der Waals surface area (Å²) in [7, 11) is 0. The molecule has 1 heterocycles. The molecule has 0 spiro atoms. The van der Waals surface area contributed by atoms with Gasteiger partial charge in [0.05, 0.1) is 0 Å². The molecule has 0 aliphatic carbocycles. The van der Waals surface area contributed by atoms with Crippen molar-refractivity contribution in [2.75, 3.05) is 26.2 Å². The van der Waals surface area contributed by atoms with Crippen molar-refractivity contribution in [3.05, 3.63) is 29.3 Å². The van der Waals surface area contributed by atoms with E-state index in [0.29, 0.717) is 5.56 Å². The first kappa shape index (κ1) is 14.9. The van der Waals surface area contributed by atoms with Crippen LogP contribution in [0.4, 0.5) is 0 Å². The fourth-order valence-electron chi connectivity index (χ4n) is 2.55. The number of benzene rings is 1. The smallest absolute Gasteiger partial charge is 0.253 e. The van der Waals surface area contributed by atoms with Gasteiger partial charge in [-0.1, -0.05) is 0 Å². The van der Waals surface area contributed by atoms with Gasteiger partial charge in [-0.05, 0) is 51.5 Å². The molecule has 1 amide bonds. The summed E-state index contributed by atoms with van der Waals surface area (Å²) in [5.74, 6) is 0.292. The Morgan fingerprint density at radius 2 is 1.75 bits per heavy atom. The molecule has 2 rings (SSSR count). The average Bonchev–Trinajstić information content (AvgIpc) is 2.40. The van der Waals surface area contributed by atoms with Crippen molar-refractivity contribution in [3.8, 4) is 5.75 Å². The average molecular weight is 276 g/mol. The van der Waals surface area contributed by atoms with Gasteiger partial charge in [-0.25, -0.2) is 0 Å². The lowest BCUT2D eigenvalue weighted by atomic mass is 10.0. The maximum atomic E-state index is 12.4. The molecule has 1 aliphatic rings. The van der Waals surface area contributed by atoms with Crippen molar-refractivity contribution in [2.45, 2.75) is 33.2 Å². The van der Waals surface area contributed by atoms with Gasteiger partial charge < -0.3 is 10.0 Å². The van der Waals surface area contributed by atoms with Gasteiger partial charge in [0.2, 0.25) is 0 Å². The van der Waals surface area contributed by atoms with Gasteiger partial charge in [0.25, 0.3) is 5.91 Å². The Balaban J connectivity index is 2.03. The van der Waals surface area contributed by atoms with Crippen molar-refractivity contribution in [1.29, 1.82) is 0 Å². The lowest BCUT2D eigenvalue weighted by Crippen LogP contribution is -2.54. The molecule has 110 valence electrons. The number of aryl methyl sites for hydroxylation is 1. The molecule has 0 atom stereocenters. The van der Waals surface area contributed by atoms with Crippen molar-refractivity contribution in [2.24, 2.45) is 0 Å². The van der Waals surface area contributed by atoms with Crippen molar-refractivity contribution in [1.82, 2.24) is 9.80 Å². The first-order valence-electron chi connectivity index (χ1n) is 7.13. The van der Waals surface area contributed by atoms with Crippen LogP contribution in [0, 0.1) is 6.92 Å². The molecular formula is C16H24N2O2. The summed E-state index contributed by atoms with van der Waals surface area (Å²) in [6, 6.07) is 5.04. The quantitative estimate of drug-likeness (QED) is 0.855. The number of piperazine rings is 1. The number of nitrogens with zero attached hydrogens (tertiary/aromatic N) is 2. The molecule has 4 heteroatoms. The maximum Gasteiger partial charge on any atom is 0.253 e. The van der Waals surface area contributed by atoms with Crippen LogP contribution >= 0.6 is 0 Å². The molecule has 1 aromatic rings. The van der Waals surface area contributed by atoms with Gasteiger partial charge in [0, 0.05) is 37.3 Å². The van der Waals surface area contributed by atoms with Crippen molar-refractivity contribution in [3.63, 3.8) is 0 Å². The number of rotatable bonds is 1. The lowest BCUT2D eigenvalue weighted by molar-refractivity contribution is 0.0451. The van der Waals surface area contributed by atoms with E-state index in [4.69, 9.17) is 0 Å². The summed E-state index contributed by atoms with van der Waals surface area (Å²) in [6.45, 7) is 11.8. The normalized spacial score (nSPS) is 17.3. The van der Waals surface area contributed by atoms with Gasteiger partial charge in [0.15, 0.2) is 0 Å². The fourth-order valence-corrected chi connectivity index (χ4v) is 2.55. The highest BCUT2D eigenvalue weighted by Gasteiger charge is 2.28. The second-order valence-corrected chi connectivity index (χ2v) is 6.45. The predicted molar refractivity (Wildman–Crippen MR) is 80.1 cm³/mol. The zero-order valence-electron chi connectivity index (χ0n) is 12.8. The Kier molecular flexibility index (Phi) is 4.04. The van der Waals surface area contributed by atoms with Crippen LogP contribution in [0.15, 0.2) is 18.2 Å². The van der Waals surface area contributed by atoms with Crippen LogP contribution in [0.1, 0.15) is 36.7 Å². The summed E-state index contributed by atoms with van der Waals surface area (Å²) in [5, 5.41) is 9.53. The summed E-state index contributed by atoms with van der Waals surface area (Å²) in [5.41, 5.74) is 1.55. The fraction of sp³-hybridized carbons (Fsp3) is 0.562. The van der Waals surface area contributed by atoms with Gasteiger partial charge in [-0.15, -0.1) is 0 Å². The van der Waals surface area contributed by atoms with E-state index in [-0.39, 0.29) is 17.2 Å². The minimum absolute atomic E-state index is 0.0571. The molecule has 1 N–H and O–H groups in total. The standard InChI is InChI=1S/C16H24N2O2/c1-12-11-13(5-6-14(12)19)15(20)17-7-9-18(10-8-17)16(2,3)4/h5-6,11,19H,7-10H2,1-4H3. The number of carbonyl (C=O) groups excluding carboxylic acids is 1. The van der Waals surface area contributed by atoms with Gasteiger partial charge in [-0.3, -0.25) is 9.69 Å². The van der Waals surface area contributed by atoms with Crippen LogP contribution in [-0.2, 0) is 0 Å². The molecular weight excluding hydrogens is 252 g/mol. The molecule has 0 radical (unpaired) electrons. The van der Waals surface area contributed by atoms with Gasteiger partial charge in [-0.2, -0.15) is 0 Å². The SMILES string of the molecule is Cc1cc(C(=O)N2CCN(C(C)(C)C)CC2)ccc1O. The monoisotopic (exact) mass is 276 g/mol. The van der Waals surface area contributed by atoms with E-state index in [1.54, 1.807) is 18.2 Å². The molecule has 0 aromatic heterocycles. The van der Waals surface area contributed by atoms with Crippen LogP contribution in [0.5, 0.6) is 5.75 Å². The van der Waals surface area contributed by atoms with Crippen LogP contribution in [-0.4, -0.2) is 52.5 Å². The second kappa shape index (κ2) is 5.44. The van der Waals surface area contributed by atoms with Crippen LogP contribution < -0.4 is 0 Å². The Labute approximate surface area is 121 Å². The number of hydrogen-bond acceptors (Lipinski definition) is 3. The van der Waals surface area contributed by atoms with Crippen LogP contribution in [0.2, 0.25) is 0 Å². The first-order chi connectivity index (χ1) is 9.29. The summed E-state index contributed by atoms with van der Waals surface area (Å²) in [4.78, 5) is 16.7. The topological polar surface area (TPSA) is 43.8 Å². The predicted octanol–water partition coefficient (Wildman–Crippen LogP) is 2.26. The zero-order chi connectivity index (χ0) is 14.9. The molecule has 1 fully saturated rings. The zero-order valence-corrected chi connectivity index (χ0v) is 12.8. The second-order valence-electron chi connectivity index (χ2n) is 6.45. The minimum Gasteiger partial charge on any atom is -0.508 e. The highest BCUT2D eigenvalue weighted by atomic mass is 16.3. The van der Waals surface area contributed by atoms with Crippen molar-refractivity contribution >= 4 is 5.91 Å². The summed E-state index contributed by atoms with van der Waals surface area (Å²) < 4.78 is 0. The molecule has 0 bridgehead atoms. The van der Waals surface area contributed by atoms with Crippen molar-refractivity contribution < 1.29 is 9.90 Å². The molecule has 1 saturated heterocycles. The maximum absolute atomic E-state index is 12.4. The third-order valence-corrected chi connectivity index (χ3v) is 3.96. The van der Waals surface area contributed by atoms with Crippen LogP contribution in [0.25, 0.3) is 0 Å². The van der Waals surface area contributed by atoms with Gasteiger partial charge in [0.1, 0.15) is 5.75 Å². The number of aromatic hydroxyl groups is 1.